The van der Waals surface area contributed by atoms with Gasteiger partial charge in [0.25, 0.3) is 0 Å². The second kappa shape index (κ2) is 10.0. The number of nitrogens with zero attached hydrogens (tertiary/aromatic N) is 2. The molecule has 0 spiro atoms. The summed E-state index contributed by atoms with van der Waals surface area (Å²) in [5, 5.41) is 4.73. The average Bonchev–Trinajstić information content (AvgIpc) is 2.77. The monoisotopic (exact) mass is 405 g/mol. The van der Waals surface area contributed by atoms with Gasteiger partial charge in [-0.2, -0.15) is 0 Å². The Balaban J connectivity index is 1.46. The topological polar surface area (TPSA) is 46.6 Å². The predicted molar refractivity (Wildman–Crippen MR) is 121 cm³/mol. The number of nitrogens with one attached hydrogen (secondary N) is 1. The molecule has 0 saturated carbocycles. The van der Waals surface area contributed by atoms with Gasteiger partial charge in [-0.25, -0.2) is 4.98 Å². The molecule has 0 bridgehead atoms. The van der Waals surface area contributed by atoms with Crippen LogP contribution in [-0.4, -0.2) is 49.3 Å². The van der Waals surface area contributed by atoms with E-state index in [4.69, 9.17) is 14.5 Å². The summed E-state index contributed by atoms with van der Waals surface area (Å²) in [5.41, 5.74) is 5.74. The normalized spacial score (nSPS) is 14.9. The van der Waals surface area contributed by atoms with E-state index in [0.29, 0.717) is 12.5 Å². The van der Waals surface area contributed by atoms with E-state index >= 15 is 0 Å². The van der Waals surface area contributed by atoms with Crippen LogP contribution in [0.1, 0.15) is 22.3 Å². The lowest BCUT2D eigenvalue weighted by atomic mass is 10.1. The predicted octanol–water partition coefficient (Wildman–Crippen LogP) is 3.85. The second-order valence-electron chi connectivity index (χ2n) is 7.99. The van der Waals surface area contributed by atoms with E-state index in [2.05, 4.69) is 72.6 Å². The zero-order valence-corrected chi connectivity index (χ0v) is 18.0. The molecule has 1 aliphatic heterocycles. The second-order valence-corrected chi connectivity index (χ2v) is 7.99. The van der Waals surface area contributed by atoms with Crippen molar-refractivity contribution in [3.8, 4) is 5.88 Å². The van der Waals surface area contributed by atoms with Crippen LogP contribution in [0.4, 0.5) is 0 Å². The van der Waals surface area contributed by atoms with E-state index < -0.39 is 0 Å². The lowest BCUT2D eigenvalue weighted by Crippen LogP contribution is -2.40. The molecule has 4 rings (SSSR count). The van der Waals surface area contributed by atoms with Crippen LogP contribution in [0.25, 0.3) is 10.9 Å². The zero-order chi connectivity index (χ0) is 20.8. The van der Waals surface area contributed by atoms with Crippen LogP contribution < -0.4 is 10.1 Å². The first-order chi connectivity index (χ1) is 14.7. The molecule has 158 valence electrons. The smallest absolute Gasteiger partial charge is 0.218 e. The lowest BCUT2D eigenvalue weighted by Gasteiger charge is -2.26. The molecule has 0 aliphatic carbocycles. The van der Waals surface area contributed by atoms with Gasteiger partial charge >= 0.3 is 0 Å². The zero-order valence-electron chi connectivity index (χ0n) is 18.0. The Morgan fingerprint density at radius 1 is 1.03 bits per heavy atom. The average molecular weight is 406 g/mol. The molecule has 5 nitrogen and oxygen atoms in total. The highest BCUT2D eigenvalue weighted by molar-refractivity contribution is 5.80. The fourth-order valence-electron chi connectivity index (χ4n) is 3.78. The number of ether oxygens (including phenoxy) is 2. The number of hydrogen-bond acceptors (Lipinski definition) is 5. The van der Waals surface area contributed by atoms with Crippen LogP contribution in [0, 0.1) is 13.8 Å². The molecule has 0 amide bonds. The van der Waals surface area contributed by atoms with E-state index in [0.717, 1.165) is 62.4 Å². The Morgan fingerprint density at radius 2 is 1.87 bits per heavy atom. The van der Waals surface area contributed by atoms with E-state index in [1.807, 2.05) is 0 Å². The summed E-state index contributed by atoms with van der Waals surface area (Å²) < 4.78 is 11.6. The van der Waals surface area contributed by atoms with Gasteiger partial charge in [0.15, 0.2) is 0 Å². The molecular formula is C25H31N3O2. The van der Waals surface area contributed by atoms with Gasteiger partial charge in [0.2, 0.25) is 5.88 Å². The Hall–Kier alpha value is -2.47. The molecule has 1 aliphatic rings. The van der Waals surface area contributed by atoms with Gasteiger partial charge in [-0.05, 0) is 43.2 Å². The van der Waals surface area contributed by atoms with Gasteiger partial charge in [-0.1, -0.05) is 35.9 Å². The van der Waals surface area contributed by atoms with E-state index in [9.17, 15) is 0 Å². The highest BCUT2D eigenvalue weighted by Gasteiger charge is 2.12. The third-order valence-electron chi connectivity index (χ3n) is 5.66. The Kier molecular flexibility index (Phi) is 6.95. The van der Waals surface area contributed by atoms with Gasteiger partial charge in [-0.3, -0.25) is 4.90 Å². The summed E-state index contributed by atoms with van der Waals surface area (Å²) in [6.45, 7) is 11.2. The molecule has 3 aromatic rings. The van der Waals surface area contributed by atoms with Gasteiger partial charge in [0.1, 0.15) is 6.61 Å². The number of benzene rings is 2. The van der Waals surface area contributed by atoms with E-state index in [-0.39, 0.29) is 0 Å². The minimum atomic E-state index is 0.526. The van der Waals surface area contributed by atoms with Crippen LogP contribution in [-0.2, 0) is 17.9 Å². The molecule has 1 fully saturated rings. The summed E-state index contributed by atoms with van der Waals surface area (Å²) in [6, 6.07) is 16.9. The van der Waals surface area contributed by atoms with Crippen LogP contribution in [0.3, 0.4) is 0 Å². The molecule has 5 heteroatoms. The Morgan fingerprint density at radius 3 is 2.70 bits per heavy atom. The maximum atomic E-state index is 6.21. The summed E-state index contributed by atoms with van der Waals surface area (Å²) in [5.74, 6) is 0.716. The molecule has 0 atom stereocenters. The number of rotatable bonds is 8. The molecule has 30 heavy (non-hydrogen) atoms. The fourth-order valence-corrected chi connectivity index (χ4v) is 3.78. The van der Waals surface area contributed by atoms with Crippen LogP contribution >= 0.6 is 0 Å². The van der Waals surface area contributed by atoms with Crippen LogP contribution in [0.2, 0.25) is 0 Å². The van der Waals surface area contributed by atoms with Gasteiger partial charge < -0.3 is 14.8 Å². The quantitative estimate of drug-likeness (QED) is 0.577. The van der Waals surface area contributed by atoms with Gasteiger partial charge in [0, 0.05) is 43.7 Å². The van der Waals surface area contributed by atoms with Crippen molar-refractivity contribution >= 4 is 10.9 Å². The Labute approximate surface area is 179 Å². The molecule has 1 aromatic heterocycles. The van der Waals surface area contributed by atoms with Crippen molar-refractivity contribution in [1.29, 1.82) is 0 Å². The van der Waals surface area contributed by atoms with Crippen molar-refractivity contribution in [2.45, 2.75) is 27.0 Å². The maximum absolute atomic E-state index is 6.21. The SMILES string of the molecule is Cc1ccc2nc(OCc3ccccc3C)c(CNCCN3CCOCC3)cc2c1. The molecule has 0 radical (unpaired) electrons. The number of fused-ring (bicyclic) bond motifs is 1. The summed E-state index contributed by atoms with van der Waals surface area (Å²) >= 11 is 0. The minimum absolute atomic E-state index is 0.526. The highest BCUT2D eigenvalue weighted by atomic mass is 16.5. The minimum Gasteiger partial charge on any atom is -0.473 e. The van der Waals surface area contributed by atoms with Crippen molar-refractivity contribution in [2.24, 2.45) is 0 Å². The first kappa shape index (κ1) is 20.8. The van der Waals surface area contributed by atoms with Crippen molar-refractivity contribution in [3.05, 3.63) is 70.8 Å². The largest absolute Gasteiger partial charge is 0.473 e. The van der Waals surface area contributed by atoms with E-state index in [1.165, 1.54) is 16.7 Å². The molecule has 2 aromatic carbocycles. The molecular weight excluding hydrogens is 374 g/mol. The van der Waals surface area contributed by atoms with Gasteiger partial charge in [-0.15, -0.1) is 0 Å². The molecule has 1 N–H and O–H groups in total. The highest BCUT2D eigenvalue weighted by Crippen LogP contribution is 2.24. The first-order valence-electron chi connectivity index (χ1n) is 10.8. The first-order valence-corrected chi connectivity index (χ1v) is 10.8. The Bertz CT molecular complexity index is 983. The fraction of sp³-hybridized carbons (Fsp3) is 0.400. The number of hydrogen-bond donors (Lipinski definition) is 1. The third kappa shape index (κ3) is 5.36. The summed E-state index contributed by atoms with van der Waals surface area (Å²) in [6.07, 6.45) is 0. The van der Waals surface area contributed by atoms with Crippen molar-refractivity contribution in [3.63, 3.8) is 0 Å². The number of aromatic nitrogens is 1. The van der Waals surface area contributed by atoms with Crippen molar-refractivity contribution < 1.29 is 9.47 Å². The lowest BCUT2D eigenvalue weighted by molar-refractivity contribution is 0.0384. The molecule has 1 saturated heterocycles. The number of morpholine rings is 1. The maximum Gasteiger partial charge on any atom is 0.218 e. The summed E-state index contributed by atoms with van der Waals surface area (Å²) in [7, 11) is 0. The standard InChI is InChI=1S/C25H31N3O2/c1-19-7-8-24-22(15-19)16-23(17-26-9-10-28-11-13-29-14-12-28)25(27-24)30-18-21-6-4-3-5-20(21)2/h3-8,15-16,26H,9-14,17-18H2,1-2H3. The summed E-state index contributed by atoms with van der Waals surface area (Å²) in [4.78, 5) is 7.28. The van der Waals surface area contributed by atoms with Crippen molar-refractivity contribution in [2.75, 3.05) is 39.4 Å². The number of pyridine rings is 1. The van der Waals surface area contributed by atoms with Gasteiger partial charge in [0.05, 0.1) is 18.7 Å². The third-order valence-corrected chi connectivity index (χ3v) is 5.66. The molecule has 2 heterocycles. The van der Waals surface area contributed by atoms with Crippen LogP contribution in [0.5, 0.6) is 5.88 Å². The number of aryl methyl sites for hydroxylation is 2. The van der Waals surface area contributed by atoms with Crippen LogP contribution in [0.15, 0.2) is 48.5 Å². The molecule has 0 unspecified atom stereocenters. The van der Waals surface area contributed by atoms with E-state index in [1.54, 1.807) is 0 Å². The van der Waals surface area contributed by atoms with Crippen molar-refractivity contribution in [1.82, 2.24) is 15.2 Å².